The summed E-state index contributed by atoms with van der Waals surface area (Å²) >= 11 is 0. The predicted molar refractivity (Wildman–Crippen MR) is 129 cm³/mol. The molecule has 180 valence electrons. The maximum absolute atomic E-state index is 14.1. The minimum absolute atomic E-state index is 0.159. The van der Waals surface area contributed by atoms with Gasteiger partial charge in [0, 0.05) is 11.1 Å². The molecule has 0 fully saturated rings. The Hall–Kier alpha value is -3.59. The molecule has 0 unspecified atom stereocenters. The van der Waals surface area contributed by atoms with E-state index in [9.17, 15) is 17.6 Å². The molecule has 1 amide bonds. The first-order valence-electron chi connectivity index (χ1n) is 10.5. The van der Waals surface area contributed by atoms with Crippen LogP contribution in [0.2, 0.25) is 0 Å². The summed E-state index contributed by atoms with van der Waals surface area (Å²) in [6.45, 7) is 1.68. The van der Waals surface area contributed by atoms with Crippen LogP contribution < -0.4 is 19.1 Å². The van der Waals surface area contributed by atoms with Crippen molar-refractivity contribution in [3.05, 3.63) is 89.2 Å². The molecule has 3 aromatic rings. The van der Waals surface area contributed by atoms with Crippen LogP contribution in [0.4, 0.5) is 10.1 Å². The highest BCUT2D eigenvalue weighted by Crippen LogP contribution is 2.30. The third-order valence-electron chi connectivity index (χ3n) is 5.34. The van der Waals surface area contributed by atoms with Crippen molar-refractivity contribution in [1.29, 1.82) is 0 Å². The zero-order chi connectivity index (χ0) is 24.9. The number of amides is 1. The highest BCUT2D eigenvalue weighted by Gasteiger charge is 2.20. The van der Waals surface area contributed by atoms with Gasteiger partial charge < -0.3 is 14.8 Å². The fourth-order valence-corrected chi connectivity index (χ4v) is 4.32. The van der Waals surface area contributed by atoms with Gasteiger partial charge in [-0.15, -0.1) is 0 Å². The zero-order valence-corrected chi connectivity index (χ0v) is 20.2. The molecule has 0 aliphatic rings. The monoisotopic (exact) mass is 486 g/mol. The van der Waals surface area contributed by atoms with E-state index in [-0.39, 0.29) is 24.1 Å². The van der Waals surface area contributed by atoms with E-state index < -0.39 is 15.8 Å². The third kappa shape index (κ3) is 5.85. The first kappa shape index (κ1) is 25.0. The van der Waals surface area contributed by atoms with Crippen molar-refractivity contribution in [1.82, 2.24) is 5.32 Å². The molecular formula is C25H27FN2O5S. The Morgan fingerprint density at radius 1 is 1.00 bits per heavy atom. The Kier molecular flexibility index (Phi) is 7.78. The highest BCUT2D eigenvalue weighted by molar-refractivity contribution is 7.92. The number of nitrogens with zero attached hydrogens (tertiary/aromatic N) is 1. The van der Waals surface area contributed by atoms with E-state index in [4.69, 9.17) is 9.47 Å². The summed E-state index contributed by atoms with van der Waals surface area (Å²) in [6, 6.07) is 17.2. The quantitative estimate of drug-likeness (QED) is 0.488. The third-order valence-corrected chi connectivity index (χ3v) is 6.49. The first-order chi connectivity index (χ1) is 16.1. The number of methoxy groups -OCH3 is 2. The Morgan fingerprint density at radius 3 is 2.24 bits per heavy atom. The molecule has 0 aliphatic carbocycles. The molecule has 0 aliphatic heterocycles. The number of anilines is 1. The lowest BCUT2D eigenvalue weighted by Crippen LogP contribution is -2.30. The van der Waals surface area contributed by atoms with E-state index in [1.807, 2.05) is 13.0 Å². The summed E-state index contributed by atoms with van der Waals surface area (Å²) < 4.78 is 50.5. The summed E-state index contributed by atoms with van der Waals surface area (Å²) in [7, 11) is -0.600. The summed E-state index contributed by atoms with van der Waals surface area (Å²) in [5, 5.41) is 2.91. The van der Waals surface area contributed by atoms with E-state index >= 15 is 0 Å². The van der Waals surface area contributed by atoms with Crippen LogP contribution in [-0.2, 0) is 16.6 Å². The number of hydrogen-bond donors (Lipinski definition) is 1. The van der Waals surface area contributed by atoms with E-state index in [1.54, 1.807) is 38.5 Å². The van der Waals surface area contributed by atoms with E-state index in [2.05, 4.69) is 5.32 Å². The molecule has 0 aromatic heterocycles. The lowest BCUT2D eigenvalue weighted by molar-refractivity contribution is 0.0940. The second-order valence-corrected chi connectivity index (χ2v) is 9.62. The van der Waals surface area contributed by atoms with Gasteiger partial charge in [0.2, 0.25) is 10.0 Å². The topological polar surface area (TPSA) is 84.9 Å². The summed E-state index contributed by atoms with van der Waals surface area (Å²) in [4.78, 5) is 12.8. The minimum Gasteiger partial charge on any atom is -0.493 e. The van der Waals surface area contributed by atoms with Crippen LogP contribution in [0.25, 0.3) is 0 Å². The van der Waals surface area contributed by atoms with E-state index in [1.165, 1.54) is 36.4 Å². The molecule has 0 spiro atoms. The van der Waals surface area contributed by atoms with Crippen LogP contribution in [0.3, 0.4) is 0 Å². The fourth-order valence-electron chi connectivity index (χ4n) is 3.45. The number of hydrogen-bond acceptors (Lipinski definition) is 5. The molecule has 34 heavy (non-hydrogen) atoms. The summed E-state index contributed by atoms with van der Waals surface area (Å²) in [5.41, 5.74) is 1.76. The normalized spacial score (nSPS) is 12.0. The zero-order valence-electron chi connectivity index (χ0n) is 19.4. The number of ether oxygens (including phenoxy) is 2. The molecule has 0 saturated heterocycles. The number of rotatable bonds is 9. The molecule has 0 saturated carbocycles. The van der Waals surface area contributed by atoms with Gasteiger partial charge in [-0.3, -0.25) is 9.10 Å². The molecule has 7 nitrogen and oxygen atoms in total. The number of carbonyl (C=O) groups is 1. The van der Waals surface area contributed by atoms with Crippen LogP contribution in [0, 0.1) is 5.82 Å². The Labute approximate surface area is 199 Å². The van der Waals surface area contributed by atoms with Crippen LogP contribution in [0.5, 0.6) is 11.5 Å². The number of nitrogens with one attached hydrogen (secondary N) is 1. The van der Waals surface area contributed by atoms with Gasteiger partial charge in [-0.25, -0.2) is 12.8 Å². The van der Waals surface area contributed by atoms with Crippen molar-refractivity contribution >= 4 is 21.6 Å². The van der Waals surface area contributed by atoms with Gasteiger partial charge in [-0.1, -0.05) is 24.3 Å². The van der Waals surface area contributed by atoms with Crippen LogP contribution in [0.1, 0.15) is 34.5 Å². The minimum atomic E-state index is -3.69. The van der Waals surface area contributed by atoms with Crippen LogP contribution in [-0.4, -0.2) is 34.8 Å². The van der Waals surface area contributed by atoms with Crippen molar-refractivity contribution in [3.8, 4) is 11.5 Å². The number of benzene rings is 3. The predicted octanol–water partition coefficient (Wildman–Crippen LogP) is 4.30. The molecule has 3 rings (SSSR count). The molecule has 0 radical (unpaired) electrons. The van der Waals surface area contributed by atoms with Gasteiger partial charge in [0.25, 0.3) is 5.91 Å². The number of sulfonamides is 1. The number of carbonyl (C=O) groups excluding carboxylic acids is 1. The summed E-state index contributed by atoms with van der Waals surface area (Å²) in [6.07, 6.45) is 1.05. The first-order valence-corrected chi connectivity index (χ1v) is 12.3. The SMILES string of the molecule is COc1ccc([C@@H](C)NC(=O)c2ccc(N(Cc3ccccc3F)S(C)(=O)=O)cc2)cc1OC. The van der Waals surface area contributed by atoms with Crippen molar-refractivity contribution < 1.29 is 27.1 Å². The van der Waals surface area contributed by atoms with Crippen molar-refractivity contribution in [2.45, 2.75) is 19.5 Å². The molecular weight excluding hydrogens is 459 g/mol. The average molecular weight is 487 g/mol. The van der Waals surface area contributed by atoms with Crippen molar-refractivity contribution in [2.75, 3.05) is 24.8 Å². The van der Waals surface area contributed by atoms with Gasteiger partial charge in [0.1, 0.15) is 5.82 Å². The molecule has 1 N–H and O–H groups in total. The Bertz CT molecular complexity index is 1260. The Morgan fingerprint density at radius 2 is 1.65 bits per heavy atom. The largest absolute Gasteiger partial charge is 0.493 e. The molecule has 3 aromatic carbocycles. The van der Waals surface area contributed by atoms with Gasteiger partial charge >= 0.3 is 0 Å². The standard InChI is InChI=1S/C25H27FN2O5S/c1-17(19-11-14-23(32-2)24(15-19)33-3)27-25(29)18-9-12-21(13-10-18)28(34(4,30)31)16-20-7-5-6-8-22(20)26/h5-15,17H,16H2,1-4H3,(H,27,29)/t17-/m1/s1. The molecule has 1 atom stereocenters. The second kappa shape index (κ2) is 10.6. The highest BCUT2D eigenvalue weighted by atomic mass is 32.2. The van der Waals surface area contributed by atoms with Crippen molar-refractivity contribution in [2.24, 2.45) is 0 Å². The second-order valence-electron chi connectivity index (χ2n) is 7.72. The van der Waals surface area contributed by atoms with Crippen molar-refractivity contribution in [3.63, 3.8) is 0 Å². The van der Waals surface area contributed by atoms with Crippen LogP contribution >= 0.6 is 0 Å². The van der Waals surface area contributed by atoms with Gasteiger partial charge in [0.05, 0.1) is 38.7 Å². The van der Waals surface area contributed by atoms with E-state index in [0.717, 1.165) is 16.1 Å². The van der Waals surface area contributed by atoms with Gasteiger partial charge in [0.15, 0.2) is 11.5 Å². The average Bonchev–Trinajstić information content (AvgIpc) is 2.82. The fraction of sp³-hybridized carbons (Fsp3) is 0.240. The maximum atomic E-state index is 14.1. The lowest BCUT2D eigenvalue weighted by atomic mass is 10.1. The van der Waals surface area contributed by atoms with Crippen LogP contribution in [0.15, 0.2) is 66.7 Å². The lowest BCUT2D eigenvalue weighted by Gasteiger charge is -2.23. The molecule has 9 heteroatoms. The van der Waals surface area contributed by atoms with Gasteiger partial charge in [-0.2, -0.15) is 0 Å². The Balaban J connectivity index is 1.77. The molecule has 0 bridgehead atoms. The summed E-state index contributed by atoms with van der Waals surface area (Å²) in [5.74, 6) is 0.331. The van der Waals surface area contributed by atoms with E-state index in [0.29, 0.717) is 22.7 Å². The molecule has 0 heterocycles. The number of halogens is 1. The smallest absolute Gasteiger partial charge is 0.251 e. The maximum Gasteiger partial charge on any atom is 0.251 e. The van der Waals surface area contributed by atoms with Gasteiger partial charge in [-0.05, 0) is 55.0 Å².